The zero-order valence-corrected chi connectivity index (χ0v) is 14.4. The van der Waals surface area contributed by atoms with Crippen LogP contribution in [0.1, 0.15) is 5.56 Å². The van der Waals surface area contributed by atoms with Gasteiger partial charge in [-0.25, -0.2) is 4.98 Å². The van der Waals surface area contributed by atoms with Crippen LogP contribution in [0.4, 0.5) is 11.5 Å². The van der Waals surface area contributed by atoms with Crippen molar-refractivity contribution in [2.75, 3.05) is 30.4 Å². The smallest absolute Gasteiger partial charge is 0.126 e. The number of nitrogens with zero attached hydrogens (tertiary/aromatic N) is 5. The van der Waals surface area contributed by atoms with Crippen LogP contribution < -0.4 is 10.2 Å². The molecule has 7 heteroatoms. The lowest BCUT2D eigenvalue weighted by Gasteiger charge is -2.17. The van der Waals surface area contributed by atoms with Gasteiger partial charge in [0.15, 0.2) is 0 Å². The Morgan fingerprint density at radius 2 is 2.12 bits per heavy atom. The van der Waals surface area contributed by atoms with Crippen LogP contribution >= 0.6 is 0 Å². The van der Waals surface area contributed by atoms with Crippen LogP contribution in [-0.4, -0.2) is 45.1 Å². The third-order valence-electron chi connectivity index (χ3n) is 3.92. The minimum atomic E-state index is 0.120. The Morgan fingerprint density at radius 3 is 2.80 bits per heavy atom. The average molecular weight is 338 g/mol. The molecular weight excluding hydrogens is 316 g/mol. The first-order valence-electron chi connectivity index (χ1n) is 8.12. The molecule has 0 amide bonds. The Hall–Kier alpha value is -2.93. The van der Waals surface area contributed by atoms with Crippen molar-refractivity contribution in [3.05, 3.63) is 54.6 Å². The van der Waals surface area contributed by atoms with Gasteiger partial charge in [-0.1, -0.05) is 0 Å². The zero-order valence-electron chi connectivity index (χ0n) is 14.4. The normalized spacial score (nSPS) is 10.7. The molecule has 0 fully saturated rings. The molecule has 0 radical (unpaired) electrons. The summed E-state index contributed by atoms with van der Waals surface area (Å²) in [5.41, 5.74) is 3.96. The second-order valence-electron chi connectivity index (χ2n) is 5.82. The van der Waals surface area contributed by atoms with Crippen molar-refractivity contribution < 1.29 is 5.11 Å². The molecular formula is C18H22N6O. The highest BCUT2D eigenvalue weighted by Gasteiger charge is 2.10. The number of anilines is 2. The van der Waals surface area contributed by atoms with Crippen LogP contribution in [0.5, 0.6) is 0 Å². The van der Waals surface area contributed by atoms with Gasteiger partial charge in [0.05, 0.1) is 24.2 Å². The summed E-state index contributed by atoms with van der Waals surface area (Å²) in [6, 6.07) is 7.83. The third kappa shape index (κ3) is 4.13. The number of likely N-dealkylation sites (N-methyl/N-ethyl adjacent to an activating group) is 1. The Balaban J connectivity index is 1.70. The molecule has 0 aliphatic heterocycles. The lowest BCUT2D eigenvalue weighted by Crippen LogP contribution is -2.21. The summed E-state index contributed by atoms with van der Waals surface area (Å²) in [7, 11) is 3.84. The largest absolute Gasteiger partial charge is 0.395 e. The Bertz CT molecular complexity index is 800. The molecule has 3 aromatic rings. The summed E-state index contributed by atoms with van der Waals surface area (Å²) >= 11 is 0. The lowest BCUT2D eigenvalue weighted by atomic mass is 10.1. The fourth-order valence-corrected chi connectivity index (χ4v) is 2.59. The van der Waals surface area contributed by atoms with Crippen LogP contribution in [0.3, 0.4) is 0 Å². The van der Waals surface area contributed by atoms with E-state index < -0.39 is 0 Å². The van der Waals surface area contributed by atoms with E-state index in [4.69, 9.17) is 5.11 Å². The van der Waals surface area contributed by atoms with E-state index >= 15 is 0 Å². The van der Waals surface area contributed by atoms with Crippen molar-refractivity contribution in [1.29, 1.82) is 0 Å². The van der Waals surface area contributed by atoms with Crippen molar-refractivity contribution in [2.24, 2.45) is 7.05 Å². The molecule has 2 N–H and O–H groups in total. The molecule has 3 aromatic heterocycles. The summed E-state index contributed by atoms with van der Waals surface area (Å²) in [6.45, 7) is 1.32. The molecule has 7 nitrogen and oxygen atoms in total. The van der Waals surface area contributed by atoms with E-state index in [9.17, 15) is 0 Å². The van der Waals surface area contributed by atoms with E-state index in [1.165, 1.54) is 0 Å². The summed E-state index contributed by atoms with van der Waals surface area (Å²) in [5, 5.41) is 16.9. The van der Waals surface area contributed by atoms with E-state index in [1.54, 1.807) is 17.1 Å². The van der Waals surface area contributed by atoms with Gasteiger partial charge in [-0.3, -0.25) is 9.67 Å². The van der Waals surface area contributed by atoms with E-state index in [0.29, 0.717) is 13.1 Å². The SMILES string of the molecule is CN(CCO)c1ccc(NCc2cn(C)nc2-c2cccnc2)nc1. The minimum Gasteiger partial charge on any atom is -0.395 e. The second kappa shape index (κ2) is 7.76. The monoisotopic (exact) mass is 338 g/mol. The fourth-order valence-electron chi connectivity index (χ4n) is 2.59. The van der Waals surface area contributed by atoms with Crippen molar-refractivity contribution in [1.82, 2.24) is 19.7 Å². The number of aliphatic hydroxyl groups is 1. The molecule has 0 saturated carbocycles. The van der Waals surface area contributed by atoms with Gasteiger partial charge in [0.2, 0.25) is 0 Å². The molecule has 0 saturated heterocycles. The number of hydrogen-bond acceptors (Lipinski definition) is 6. The summed E-state index contributed by atoms with van der Waals surface area (Å²) in [4.78, 5) is 10.6. The number of hydrogen-bond donors (Lipinski definition) is 2. The van der Waals surface area contributed by atoms with Gasteiger partial charge in [0.25, 0.3) is 0 Å². The second-order valence-corrected chi connectivity index (χ2v) is 5.82. The first kappa shape index (κ1) is 16.9. The van der Waals surface area contributed by atoms with Gasteiger partial charge in [0, 0.05) is 56.9 Å². The predicted molar refractivity (Wildman–Crippen MR) is 98.4 cm³/mol. The molecule has 25 heavy (non-hydrogen) atoms. The highest BCUT2D eigenvalue weighted by Crippen LogP contribution is 2.22. The van der Waals surface area contributed by atoms with Crippen LogP contribution in [0.2, 0.25) is 0 Å². The van der Waals surface area contributed by atoms with Gasteiger partial charge < -0.3 is 15.3 Å². The topological polar surface area (TPSA) is 79.1 Å². The van der Waals surface area contributed by atoms with E-state index in [2.05, 4.69) is 20.4 Å². The van der Waals surface area contributed by atoms with Crippen LogP contribution in [0, 0.1) is 0 Å². The highest BCUT2D eigenvalue weighted by atomic mass is 16.3. The van der Waals surface area contributed by atoms with E-state index in [-0.39, 0.29) is 6.61 Å². The van der Waals surface area contributed by atoms with Crippen LogP contribution in [0.25, 0.3) is 11.3 Å². The van der Waals surface area contributed by atoms with Crippen molar-refractivity contribution in [3.63, 3.8) is 0 Å². The maximum atomic E-state index is 9.00. The van der Waals surface area contributed by atoms with Gasteiger partial charge in [-0.15, -0.1) is 0 Å². The van der Waals surface area contributed by atoms with Gasteiger partial charge in [-0.2, -0.15) is 5.10 Å². The summed E-state index contributed by atoms with van der Waals surface area (Å²) in [6.07, 6.45) is 7.36. The molecule has 3 rings (SSSR count). The summed E-state index contributed by atoms with van der Waals surface area (Å²) in [5.74, 6) is 0.794. The standard InChI is InChI=1S/C18H22N6O/c1-23(8-9-25)16-5-6-17(21-12-16)20-11-15-13-24(2)22-18(15)14-4-3-7-19-10-14/h3-7,10,12-13,25H,8-9,11H2,1-2H3,(H,20,21). The first-order valence-corrected chi connectivity index (χ1v) is 8.12. The van der Waals surface area contributed by atoms with Crippen LogP contribution in [0.15, 0.2) is 49.1 Å². The molecule has 0 bridgehead atoms. The minimum absolute atomic E-state index is 0.120. The first-order chi connectivity index (χ1) is 12.2. The average Bonchev–Trinajstić information content (AvgIpc) is 3.02. The number of rotatable bonds is 7. The molecule has 0 aromatic carbocycles. The lowest BCUT2D eigenvalue weighted by molar-refractivity contribution is 0.304. The van der Waals surface area contributed by atoms with Crippen LogP contribution in [-0.2, 0) is 13.6 Å². The zero-order chi connectivity index (χ0) is 17.6. The van der Waals surface area contributed by atoms with Gasteiger partial charge >= 0.3 is 0 Å². The van der Waals surface area contributed by atoms with E-state index in [1.807, 2.05) is 55.7 Å². The maximum absolute atomic E-state index is 9.00. The maximum Gasteiger partial charge on any atom is 0.126 e. The molecule has 0 aliphatic rings. The molecule has 0 aliphatic carbocycles. The van der Waals surface area contributed by atoms with Gasteiger partial charge in [0.1, 0.15) is 5.82 Å². The Kier molecular flexibility index (Phi) is 5.25. The quantitative estimate of drug-likeness (QED) is 0.685. The number of aliphatic hydroxyl groups excluding tert-OH is 1. The number of aromatic nitrogens is 4. The summed E-state index contributed by atoms with van der Waals surface area (Å²) < 4.78 is 1.81. The van der Waals surface area contributed by atoms with Gasteiger partial charge in [-0.05, 0) is 24.3 Å². The molecule has 0 atom stereocenters. The predicted octanol–water partition coefficient (Wildman–Crippen LogP) is 1.92. The Morgan fingerprint density at radius 1 is 1.24 bits per heavy atom. The number of nitrogens with one attached hydrogen (secondary N) is 1. The van der Waals surface area contributed by atoms with E-state index in [0.717, 1.165) is 28.3 Å². The van der Waals surface area contributed by atoms with Crippen molar-refractivity contribution in [2.45, 2.75) is 6.54 Å². The number of pyridine rings is 2. The molecule has 0 spiro atoms. The number of aryl methyl sites for hydroxylation is 1. The Labute approximate surface area is 147 Å². The highest BCUT2D eigenvalue weighted by molar-refractivity contribution is 5.62. The van der Waals surface area contributed by atoms with Crippen molar-refractivity contribution in [3.8, 4) is 11.3 Å². The molecule has 130 valence electrons. The fraction of sp³-hybridized carbons (Fsp3) is 0.278. The molecule has 3 heterocycles. The molecule has 0 unspecified atom stereocenters. The van der Waals surface area contributed by atoms with Crippen molar-refractivity contribution >= 4 is 11.5 Å². The third-order valence-corrected chi connectivity index (χ3v) is 3.92.